The van der Waals surface area contributed by atoms with Crippen LogP contribution in [0.2, 0.25) is 0 Å². The van der Waals surface area contributed by atoms with Crippen molar-refractivity contribution in [2.75, 3.05) is 11.4 Å². The van der Waals surface area contributed by atoms with Crippen LogP contribution >= 0.6 is 0 Å². The quantitative estimate of drug-likeness (QED) is 0.653. The number of nitrogens with zero attached hydrogens (tertiary/aromatic N) is 2. The Balaban J connectivity index is 2.15. The van der Waals surface area contributed by atoms with Crippen molar-refractivity contribution in [3.63, 3.8) is 0 Å². The molecule has 1 saturated heterocycles. The Bertz CT molecular complexity index is 258. The van der Waals surface area contributed by atoms with Crippen molar-refractivity contribution in [1.82, 2.24) is 4.98 Å². The van der Waals surface area contributed by atoms with Crippen molar-refractivity contribution in [2.24, 2.45) is 0 Å². The maximum absolute atomic E-state index is 4.38. The molecule has 2 heteroatoms. The van der Waals surface area contributed by atoms with E-state index in [-0.39, 0.29) is 0 Å². The Morgan fingerprint density at radius 3 is 3.00 bits per heavy atom. The van der Waals surface area contributed by atoms with Gasteiger partial charge in [-0.1, -0.05) is 6.07 Å². The SMILES string of the molecule is CC1CCCCN1c1ccccn1. The summed E-state index contributed by atoms with van der Waals surface area (Å²) in [4.78, 5) is 6.78. The average Bonchev–Trinajstić information content (AvgIpc) is 2.20. The molecule has 0 bridgehead atoms. The summed E-state index contributed by atoms with van der Waals surface area (Å²) in [6.07, 6.45) is 5.85. The van der Waals surface area contributed by atoms with Crippen molar-refractivity contribution < 1.29 is 0 Å². The van der Waals surface area contributed by atoms with Gasteiger partial charge in [-0.15, -0.1) is 0 Å². The highest BCUT2D eigenvalue weighted by Gasteiger charge is 2.18. The van der Waals surface area contributed by atoms with E-state index in [4.69, 9.17) is 0 Å². The molecule has 2 rings (SSSR count). The summed E-state index contributed by atoms with van der Waals surface area (Å²) >= 11 is 0. The van der Waals surface area contributed by atoms with E-state index in [0.717, 1.165) is 12.4 Å². The number of rotatable bonds is 1. The normalized spacial score (nSPS) is 23.2. The summed E-state index contributed by atoms with van der Waals surface area (Å²) in [7, 11) is 0. The van der Waals surface area contributed by atoms with E-state index < -0.39 is 0 Å². The second kappa shape index (κ2) is 3.77. The average molecular weight is 176 g/mol. The number of pyridine rings is 1. The van der Waals surface area contributed by atoms with Gasteiger partial charge < -0.3 is 4.90 Å². The molecule has 0 radical (unpaired) electrons. The number of hydrogen-bond acceptors (Lipinski definition) is 2. The van der Waals surface area contributed by atoms with Crippen molar-refractivity contribution in [1.29, 1.82) is 0 Å². The lowest BCUT2D eigenvalue weighted by Gasteiger charge is -2.34. The van der Waals surface area contributed by atoms with Gasteiger partial charge in [-0.25, -0.2) is 4.98 Å². The van der Waals surface area contributed by atoms with Gasteiger partial charge in [0.15, 0.2) is 0 Å². The molecule has 1 aromatic heterocycles. The Kier molecular flexibility index (Phi) is 2.48. The van der Waals surface area contributed by atoms with Gasteiger partial charge in [0.2, 0.25) is 0 Å². The van der Waals surface area contributed by atoms with Gasteiger partial charge in [0, 0.05) is 18.8 Å². The van der Waals surface area contributed by atoms with Crippen LogP contribution in [-0.4, -0.2) is 17.6 Å². The van der Waals surface area contributed by atoms with E-state index >= 15 is 0 Å². The molecule has 1 unspecified atom stereocenters. The first-order valence-electron chi connectivity index (χ1n) is 5.05. The fraction of sp³-hybridized carbons (Fsp3) is 0.545. The van der Waals surface area contributed by atoms with Gasteiger partial charge in [-0.3, -0.25) is 0 Å². The lowest BCUT2D eigenvalue weighted by Crippen LogP contribution is -2.37. The monoisotopic (exact) mass is 176 g/mol. The van der Waals surface area contributed by atoms with Crippen LogP contribution in [-0.2, 0) is 0 Å². The van der Waals surface area contributed by atoms with Crippen LogP contribution in [0.1, 0.15) is 26.2 Å². The predicted molar refractivity (Wildman–Crippen MR) is 54.9 cm³/mol. The first kappa shape index (κ1) is 8.54. The molecule has 1 atom stereocenters. The zero-order valence-corrected chi connectivity index (χ0v) is 8.11. The molecule has 0 amide bonds. The summed E-state index contributed by atoms with van der Waals surface area (Å²) in [6, 6.07) is 6.78. The molecular weight excluding hydrogens is 160 g/mol. The Morgan fingerprint density at radius 2 is 2.31 bits per heavy atom. The summed E-state index contributed by atoms with van der Waals surface area (Å²) < 4.78 is 0. The molecule has 1 aromatic rings. The predicted octanol–water partition coefficient (Wildman–Crippen LogP) is 2.46. The van der Waals surface area contributed by atoms with Crippen LogP contribution < -0.4 is 4.90 Å². The van der Waals surface area contributed by atoms with Gasteiger partial charge in [0.25, 0.3) is 0 Å². The van der Waals surface area contributed by atoms with Crippen LogP contribution in [0.5, 0.6) is 0 Å². The number of hydrogen-bond donors (Lipinski definition) is 0. The van der Waals surface area contributed by atoms with Crippen LogP contribution in [0.4, 0.5) is 5.82 Å². The number of anilines is 1. The zero-order chi connectivity index (χ0) is 9.10. The minimum Gasteiger partial charge on any atom is -0.354 e. The standard InChI is InChI=1S/C11H16N2/c1-10-6-3-5-9-13(10)11-7-2-4-8-12-11/h2,4,7-8,10H,3,5-6,9H2,1H3. The van der Waals surface area contributed by atoms with E-state index in [1.807, 2.05) is 12.3 Å². The lowest BCUT2D eigenvalue weighted by atomic mass is 10.0. The third kappa shape index (κ3) is 1.82. The summed E-state index contributed by atoms with van der Waals surface area (Å²) in [5.74, 6) is 1.13. The first-order chi connectivity index (χ1) is 6.38. The van der Waals surface area contributed by atoms with Gasteiger partial charge >= 0.3 is 0 Å². The fourth-order valence-corrected chi connectivity index (χ4v) is 1.96. The minimum atomic E-state index is 0.656. The highest BCUT2D eigenvalue weighted by atomic mass is 15.2. The van der Waals surface area contributed by atoms with Crippen molar-refractivity contribution >= 4 is 5.82 Å². The van der Waals surface area contributed by atoms with Crippen molar-refractivity contribution in [2.45, 2.75) is 32.2 Å². The highest BCUT2D eigenvalue weighted by Crippen LogP contribution is 2.21. The number of aromatic nitrogens is 1. The molecule has 2 nitrogen and oxygen atoms in total. The highest BCUT2D eigenvalue weighted by molar-refractivity contribution is 5.39. The molecule has 1 fully saturated rings. The zero-order valence-electron chi connectivity index (χ0n) is 8.11. The van der Waals surface area contributed by atoms with E-state index in [1.54, 1.807) is 0 Å². The molecule has 1 aliphatic heterocycles. The van der Waals surface area contributed by atoms with Crippen LogP contribution in [0.3, 0.4) is 0 Å². The molecule has 0 aromatic carbocycles. The summed E-state index contributed by atoms with van der Waals surface area (Å²) in [5.41, 5.74) is 0. The summed E-state index contributed by atoms with van der Waals surface area (Å²) in [5, 5.41) is 0. The van der Waals surface area contributed by atoms with E-state index in [0.29, 0.717) is 6.04 Å². The molecular formula is C11H16N2. The fourth-order valence-electron chi connectivity index (χ4n) is 1.96. The minimum absolute atomic E-state index is 0.656. The van der Waals surface area contributed by atoms with Gasteiger partial charge in [-0.05, 0) is 38.3 Å². The first-order valence-corrected chi connectivity index (χ1v) is 5.05. The van der Waals surface area contributed by atoms with Gasteiger partial charge in [-0.2, -0.15) is 0 Å². The van der Waals surface area contributed by atoms with E-state index in [9.17, 15) is 0 Å². The van der Waals surface area contributed by atoms with Crippen LogP contribution in [0.15, 0.2) is 24.4 Å². The molecule has 0 saturated carbocycles. The van der Waals surface area contributed by atoms with Crippen LogP contribution in [0.25, 0.3) is 0 Å². The van der Waals surface area contributed by atoms with Crippen molar-refractivity contribution in [3.8, 4) is 0 Å². The second-order valence-corrected chi connectivity index (χ2v) is 3.73. The third-order valence-electron chi connectivity index (χ3n) is 2.75. The molecule has 70 valence electrons. The lowest BCUT2D eigenvalue weighted by molar-refractivity contribution is 0.481. The molecule has 0 N–H and O–H groups in total. The second-order valence-electron chi connectivity index (χ2n) is 3.73. The molecule has 0 spiro atoms. The molecule has 2 heterocycles. The van der Waals surface area contributed by atoms with Crippen molar-refractivity contribution in [3.05, 3.63) is 24.4 Å². The Labute approximate surface area is 79.6 Å². The molecule has 13 heavy (non-hydrogen) atoms. The molecule has 1 aliphatic rings. The molecule has 0 aliphatic carbocycles. The van der Waals surface area contributed by atoms with Gasteiger partial charge in [0.1, 0.15) is 5.82 Å². The van der Waals surface area contributed by atoms with E-state index in [2.05, 4.69) is 28.9 Å². The maximum atomic E-state index is 4.38. The van der Waals surface area contributed by atoms with Gasteiger partial charge in [0.05, 0.1) is 0 Å². The maximum Gasteiger partial charge on any atom is 0.128 e. The number of piperidine rings is 1. The van der Waals surface area contributed by atoms with E-state index in [1.165, 1.54) is 19.3 Å². The smallest absolute Gasteiger partial charge is 0.128 e. The third-order valence-corrected chi connectivity index (χ3v) is 2.75. The van der Waals surface area contributed by atoms with Crippen LogP contribution in [0, 0.1) is 0 Å². The largest absolute Gasteiger partial charge is 0.354 e. The topological polar surface area (TPSA) is 16.1 Å². The Hall–Kier alpha value is -1.05. The Morgan fingerprint density at radius 1 is 1.38 bits per heavy atom. The summed E-state index contributed by atoms with van der Waals surface area (Å²) in [6.45, 7) is 3.45.